The number of anilines is 3. The van der Waals surface area contributed by atoms with Gasteiger partial charge in [0.25, 0.3) is 5.91 Å². The van der Waals surface area contributed by atoms with Crippen molar-refractivity contribution in [3.05, 3.63) is 65.4 Å². The predicted octanol–water partition coefficient (Wildman–Crippen LogP) is 3.97. The summed E-state index contributed by atoms with van der Waals surface area (Å²) in [4.78, 5) is 23.4. The summed E-state index contributed by atoms with van der Waals surface area (Å²) in [5, 5.41) is 17.7. The van der Waals surface area contributed by atoms with Crippen LogP contribution in [0.3, 0.4) is 0 Å². The number of hydrogen-bond acceptors (Lipinski definition) is 4. The van der Waals surface area contributed by atoms with E-state index in [9.17, 15) is 14.9 Å². The van der Waals surface area contributed by atoms with E-state index < -0.39 is 5.91 Å². The first kappa shape index (κ1) is 19.7. The highest BCUT2D eigenvalue weighted by Gasteiger charge is 2.10. The first-order valence-corrected chi connectivity index (χ1v) is 8.59. The predicted molar refractivity (Wildman–Crippen MR) is 107 cm³/mol. The van der Waals surface area contributed by atoms with Gasteiger partial charge in [0.15, 0.2) is 0 Å². The normalized spacial score (nSPS) is 10.7. The molecule has 6 heteroatoms. The minimum Gasteiger partial charge on any atom is -0.360 e. The van der Waals surface area contributed by atoms with E-state index in [4.69, 9.17) is 0 Å². The van der Waals surface area contributed by atoms with Crippen molar-refractivity contribution in [2.75, 3.05) is 16.0 Å². The van der Waals surface area contributed by atoms with Crippen molar-refractivity contribution in [2.45, 2.75) is 27.2 Å². The number of rotatable bonds is 6. The SMILES string of the molecule is CCc1cccc(C)c1N/C=C(/C#N)C(=O)Nc1ccc(NC(C)=O)cc1. The quantitative estimate of drug-likeness (QED) is 0.535. The van der Waals surface area contributed by atoms with Gasteiger partial charge in [0.05, 0.1) is 0 Å². The monoisotopic (exact) mass is 362 g/mol. The van der Waals surface area contributed by atoms with Gasteiger partial charge in [-0.15, -0.1) is 0 Å². The summed E-state index contributed by atoms with van der Waals surface area (Å²) in [6.45, 7) is 5.44. The summed E-state index contributed by atoms with van der Waals surface area (Å²) < 4.78 is 0. The number of nitriles is 1. The summed E-state index contributed by atoms with van der Waals surface area (Å²) in [5.41, 5.74) is 4.17. The molecule has 0 saturated carbocycles. The number of para-hydroxylation sites is 1. The van der Waals surface area contributed by atoms with Gasteiger partial charge in [0.2, 0.25) is 5.91 Å². The maximum atomic E-state index is 12.4. The van der Waals surface area contributed by atoms with E-state index in [2.05, 4.69) is 16.0 Å². The number of nitrogens with zero attached hydrogens (tertiary/aromatic N) is 1. The number of amides is 2. The number of nitrogens with one attached hydrogen (secondary N) is 3. The van der Waals surface area contributed by atoms with E-state index in [-0.39, 0.29) is 11.5 Å². The van der Waals surface area contributed by atoms with Crippen LogP contribution in [0.15, 0.2) is 54.2 Å². The van der Waals surface area contributed by atoms with Crippen LogP contribution in [0.4, 0.5) is 17.1 Å². The molecule has 27 heavy (non-hydrogen) atoms. The summed E-state index contributed by atoms with van der Waals surface area (Å²) in [5.74, 6) is -0.681. The molecule has 2 amide bonds. The molecule has 0 aliphatic carbocycles. The average molecular weight is 362 g/mol. The largest absolute Gasteiger partial charge is 0.360 e. The molecule has 2 aromatic rings. The molecule has 0 saturated heterocycles. The molecule has 3 N–H and O–H groups in total. The second-order valence-electron chi connectivity index (χ2n) is 5.99. The molecule has 2 aromatic carbocycles. The molecule has 0 fully saturated rings. The van der Waals surface area contributed by atoms with Crippen LogP contribution in [0.5, 0.6) is 0 Å². The number of benzene rings is 2. The number of carbonyl (C=O) groups is 2. The van der Waals surface area contributed by atoms with Gasteiger partial charge in [-0.25, -0.2) is 0 Å². The van der Waals surface area contributed by atoms with Crippen LogP contribution in [0.2, 0.25) is 0 Å². The van der Waals surface area contributed by atoms with Gasteiger partial charge >= 0.3 is 0 Å². The van der Waals surface area contributed by atoms with Gasteiger partial charge in [0, 0.05) is 30.2 Å². The van der Waals surface area contributed by atoms with E-state index in [0.29, 0.717) is 11.4 Å². The van der Waals surface area contributed by atoms with Crippen molar-refractivity contribution in [2.24, 2.45) is 0 Å². The van der Waals surface area contributed by atoms with Gasteiger partial charge in [0.1, 0.15) is 11.6 Å². The third-order valence-electron chi connectivity index (χ3n) is 3.93. The third-order valence-corrected chi connectivity index (χ3v) is 3.93. The van der Waals surface area contributed by atoms with Crippen molar-refractivity contribution in [3.8, 4) is 6.07 Å². The highest BCUT2D eigenvalue weighted by molar-refractivity contribution is 6.06. The molecule has 6 nitrogen and oxygen atoms in total. The van der Waals surface area contributed by atoms with Gasteiger partial charge in [-0.1, -0.05) is 25.1 Å². The van der Waals surface area contributed by atoms with Crippen LogP contribution in [-0.4, -0.2) is 11.8 Å². The van der Waals surface area contributed by atoms with Crippen LogP contribution in [0, 0.1) is 18.3 Å². The second kappa shape index (κ2) is 9.20. The molecular formula is C21H22N4O2. The highest BCUT2D eigenvalue weighted by atomic mass is 16.2. The summed E-state index contributed by atoms with van der Waals surface area (Å²) in [7, 11) is 0. The molecule has 0 aromatic heterocycles. The lowest BCUT2D eigenvalue weighted by atomic mass is 10.1. The Morgan fingerprint density at radius 3 is 2.26 bits per heavy atom. The molecule has 0 spiro atoms. The summed E-state index contributed by atoms with van der Waals surface area (Å²) in [6.07, 6.45) is 2.26. The van der Waals surface area contributed by atoms with Crippen molar-refractivity contribution < 1.29 is 9.59 Å². The summed E-state index contributed by atoms with van der Waals surface area (Å²) >= 11 is 0. The lowest BCUT2D eigenvalue weighted by Gasteiger charge is -2.11. The molecule has 0 bridgehead atoms. The second-order valence-corrected chi connectivity index (χ2v) is 5.99. The lowest BCUT2D eigenvalue weighted by Crippen LogP contribution is -2.15. The van der Waals surface area contributed by atoms with Crippen LogP contribution < -0.4 is 16.0 Å². The number of aryl methyl sites for hydroxylation is 2. The topological polar surface area (TPSA) is 94.0 Å². The van der Waals surface area contributed by atoms with Gasteiger partial charge < -0.3 is 16.0 Å². The zero-order chi connectivity index (χ0) is 19.8. The molecule has 138 valence electrons. The Hall–Kier alpha value is -3.59. The van der Waals surface area contributed by atoms with Gasteiger partial charge in [-0.05, 0) is 48.7 Å². The Balaban J connectivity index is 2.11. The standard InChI is InChI=1S/C21H22N4O2/c1-4-16-7-5-6-14(2)20(16)23-13-17(12-22)21(27)25-19-10-8-18(9-11-19)24-15(3)26/h5-11,13,23H,4H2,1-3H3,(H,24,26)(H,25,27)/b17-13-. The lowest BCUT2D eigenvalue weighted by molar-refractivity contribution is -0.114. The molecule has 2 rings (SSSR count). The fourth-order valence-corrected chi connectivity index (χ4v) is 2.56. The maximum Gasteiger partial charge on any atom is 0.267 e. The number of hydrogen-bond donors (Lipinski definition) is 3. The van der Waals surface area contributed by atoms with Crippen LogP contribution >= 0.6 is 0 Å². The van der Waals surface area contributed by atoms with Crippen molar-refractivity contribution >= 4 is 28.9 Å². The molecule has 0 aliphatic rings. The van der Waals surface area contributed by atoms with E-state index in [1.807, 2.05) is 38.1 Å². The van der Waals surface area contributed by atoms with Gasteiger partial charge in [-0.2, -0.15) is 5.26 Å². The van der Waals surface area contributed by atoms with E-state index in [1.165, 1.54) is 13.1 Å². The Bertz CT molecular complexity index is 909. The molecule has 0 aliphatic heterocycles. The van der Waals surface area contributed by atoms with Crippen LogP contribution in [0.1, 0.15) is 25.0 Å². The van der Waals surface area contributed by atoms with E-state index >= 15 is 0 Å². The van der Waals surface area contributed by atoms with Crippen molar-refractivity contribution in [1.29, 1.82) is 5.26 Å². The highest BCUT2D eigenvalue weighted by Crippen LogP contribution is 2.21. The zero-order valence-corrected chi connectivity index (χ0v) is 15.6. The van der Waals surface area contributed by atoms with E-state index in [0.717, 1.165) is 23.2 Å². The summed E-state index contributed by atoms with van der Waals surface area (Å²) in [6, 6.07) is 14.5. The maximum absolute atomic E-state index is 12.4. The Morgan fingerprint density at radius 2 is 1.70 bits per heavy atom. The molecule has 0 atom stereocenters. The van der Waals surface area contributed by atoms with E-state index in [1.54, 1.807) is 24.3 Å². The fraction of sp³-hybridized carbons (Fsp3) is 0.190. The minimum atomic E-state index is -0.510. The zero-order valence-electron chi connectivity index (χ0n) is 15.6. The average Bonchev–Trinajstić information content (AvgIpc) is 2.64. The Morgan fingerprint density at radius 1 is 1.07 bits per heavy atom. The van der Waals surface area contributed by atoms with Crippen LogP contribution in [0.25, 0.3) is 0 Å². The fourth-order valence-electron chi connectivity index (χ4n) is 2.56. The number of carbonyl (C=O) groups excluding carboxylic acids is 2. The Labute approximate surface area is 158 Å². The molecule has 0 radical (unpaired) electrons. The van der Waals surface area contributed by atoms with Gasteiger partial charge in [-0.3, -0.25) is 9.59 Å². The minimum absolute atomic E-state index is 0.0359. The van der Waals surface area contributed by atoms with Crippen LogP contribution in [-0.2, 0) is 16.0 Å². The molecular weight excluding hydrogens is 340 g/mol. The molecule has 0 heterocycles. The van der Waals surface area contributed by atoms with Crippen molar-refractivity contribution in [1.82, 2.24) is 0 Å². The molecule has 0 unspecified atom stereocenters. The Kier molecular flexibility index (Phi) is 6.73. The van der Waals surface area contributed by atoms with Crippen molar-refractivity contribution in [3.63, 3.8) is 0 Å². The third kappa shape index (κ3) is 5.44. The first-order valence-electron chi connectivity index (χ1n) is 8.59. The smallest absolute Gasteiger partial charge is 0.267 e. The first-order chi connectivity index (χ1) is 12.9.